The van der Waals surface area contributed by atoms with E-state index in [1.54, 1.807) is 59.2 Å². The number of anilines is 4. The maximum Gasteiger partial charge on any atom is 0.396 e. The van der Waals surface area contributed by atoms with E-state index in [1.165, 1.54) is 48.5 Å². The molecule has 0 heterocycles. The first kappa shape index (κ1) is 27.8. The number of hydrogen-bond acceptors (Lipinski definition) is 6. The first-order chi connectivity index (χ1) is 18.9. The quantitative estimate of drug-likeness (QED) is 0.142. The summed E-state index contributed by atoms with van der Waals surface area (Å²) in [6.07, 6.45) is 0. The molecule has 0 aliphatic heterocycles. The minimum absolute atomic E-state index is 0.225. The highest BCUT2D eigenvalue weighted by Crippen LogP contribution is 2.37. The number of benzene rings is 4. The van der Waals surface area contributed by atoms with Gasteiger partial charge in [-0.3, -0.25) is 9.59 Å². The molecule has 206 valence electrons. The Morgan fingerprint density at radius 3 is 1.23 bits per heavy atom. The minimum atomic E-state index is -5.38. The van der Waals surface area contributed by atoms with Gasteiger partial charge in [0, 0.05) is 34.9 Å². The van der Waals surface area contributed by atoms with Crippen LogP contribution in [0.5, 0.6) is 23.0 Å². The molecule has 4 aromatic rings. The third-order valence-electron chi connectivity index (χ3n) is 5.38. The zero-order valence-corrected chi connectivity index (χ0v) is 20.5. The van der Waals surface area contributed by atoms with E-state index < -0.39 is 23.7 Å². The lowest BCUT2D eigenvalue weighted by molar-refractivity contribution is -0.204. The summed E-state index contributed by atoms with van der Waals surface area (Å²) in [5.41, 5.74) is 11.8. The molecule has 0 saturated heterocycles. The van der Waals surface area contributed by atoms with E-state index in [0.717, 1.165) is 0 Å². The summed E-state index contributed by atoms with van der Waals surface area (Å²) >= 11 is 0. The van der Waals surface area contributed by atoms with E-state index in [1.807, 2.05) is 0 Å². The van der Waals surface area contributed by atoms with E-state index in [0.29, 0.717) is 22.9 Å². The van der Waals surface area contributed by atoms with Crippen LogP contribution in [0.3, 0.4) is 0 Å². The van der Waals surface area contributed by atoms with Crippen LogP contribution in [0.2, 0.25) is 0 Å². The molecule has 0 unspecified atom stereocenters. The van der Waals surface area contributed by atoms with Crippen molar-refractivity contribution in [2.75, 3.05) is 22.1 Å². The van der Waals surface area contributed by atoms with Gasteiger partial charge >= 0.3 is 23.7 Å². The lowest BCUT2D eigenvalue weighted by atomic mass is 10.1. The summed E-state index contributed by atoms with van der Waals surface area (Å²) in [6, 6.07) is 22.9. The second kappa shape index (κ2) is 11.2. The monoisotopic (exact) mass is 554 g/mol. The molecule has 12 heteroatoms. The van der Waals surface area contributed by atoms with Crippen LogP contribution in [0.4, 0.5) is 40.3 Å². The standard InChI is InChI=1S/C28H22F4N4O4/c29-27(30,25(37)35-19-7-11-21(12-8-19)39-23-5-1-3-17(33)15-23)28(31,32)26(38)36-20-9-13-22(14-10-20)40-24-6-2-4-18(34)16-24/h1-16H,33-34H2,(H,35,37)(H,36,38). The van der Waals surface area contributed by atoms with Gasteiger partial charge in [-0.15, -0.1) is 0 Å². The number of amides is 2. The van der Waals surface area contributed by atoms with Gasteiger partial charge in [-0.1, -0.05) is 12.1 Å². The van der Waals surface area contributed by atoms with E-state index in [9.17, 15) is 27.2 Å². The Labute approximate surface area is 225 Å². The second-order valence-electron chi connectivity index (χ2n) is 8.45. The number of nitrogens with one attached hydrogen (secondary N) is 2. The molecule has 0 saturated carbocycles. The topological polar surface area (TPSA) is 129 Å². The largest absolute Gasteiger partial charge is 0.457 e. The summed E-state index contributed by atoms with van der Waals surface area (Å²) in [5, 5.41) is 3.38. The normalized spacial score (nSPS) is 11.4. The molecule has 4 aromatic carbocycles. The Morgan fingerprint density at radius 2 is 0.900 bits per heavy atom. The van der Waals surface area contributed by atoms with E-state index in [-0.39, 0.29) is 22.9 Å². The molecule has 0 atom stereocenters. The average Bonchev–Trinajstić information content (AvgIpc) is 2.91. The van der Waals surface area contributed by atoms with Gasteiger partial charge in [-0.25, -0.2) is 0 Å². The first-order valence-corrected chi connectivity index (χ1v) is 11.6. The molecule has 0 aliphatic carbocycles. The lowest BCUT2D eigenvalue weighted by Crippen LogP contribution is -2.56. The van der Waals surface area contributed by atoms with Gasteiger partial charge in [0.25, 0.3) is 0 Å². The van der Waals surface area contributed by atoms with Crippen molar-refractivity contribution in [2.24, 2.45) is 0 Å². The van der Waals surface area contributed by atoms with Gasteiger partial charge in [0.1, 0.15) is 23.0 Å². The van der Waals surface area contributed by atoms with Crippen molar-refractivity contribution in [3.05, 3.63) is 97.1 Å². The summed E-state index contributed by atoms with van der Waals surface area (Å²) in [4.78, 5) is 24.2. The zero-order valence-electron chi connectivity index (χ0n) is 20.5. The van der Waals surface area contributed by atoms with Gasteiger partial charge in [-0.05, 0) is 72.8 Å². The predicted molar refractivity (Wildman–Crippen MR) is 142 cm³/mol. The van der Waals surface area contributed by atoms with E-state index >= 15 is 0 Å². The van der Waals surface area contributed by atoms with Gasteiger partial charge in [0.2, 0.25) is 0 Å². The average molecular weight is 555 g/mol. The lowest BCUT2D eigenvalue weighted by Gasteiger charge is -2.24. The Kier molecular flexibility index (Phi) is 7.80. The number of nitrogen functional groups attached to an aromatic ring is 2. The fourth-order valence-electron chi connectivity index (χ4n) is 3.35. The van der Waals surface area contributed by atoms with Crippen LogP contribution in [0.15, 0.2) is 97.1 Å². The van der Waals surface area contributed by atoms with Gasteiger partial charge in [0.05, 0.1) is 0 Å². The molecule has 0 spiro atoms. The molecule has 0 radical (unpaired) electrons. The van der Waals surface area contributed by atoms with E-state index in [4.69, 9.17) is 20.9 Å². The van der Waals surface area contributed by atoms with Crippen LogP contribution in [0, 0.1) is 0 Å². The molecule has 0 aliphatic rings. The highest BCUT2D eigenvalue weighted by Gasteiger charge is 2.67. The number of hydrogen-bond donors (Lipinski definition) is 4. The summed E-state index contributed by atoms with van der Waals surface area (Å²) in [6.45, 7) is 0. The molecule has 8 nitrogen and oxygen atoms in total. The molecule has 0 bridgehead atoms. The molecule has 40 heavy (non-hydrogen) atoms. The Bertz CT molecular complexity index is 1400. The van der Waals surface area contributed by atoms with Crippen molar-refractivity contribution >= 4 is 34.6 Å². The van der Waals surface area contributed by atoms with Crippen LogP contribution < -0.4 is 31.6 Å². The van der Waals surface area contributed by atoms with Crippen molar-refractivity contribution in [3.63, 3.8) is 0 Å². The molecular formula is C28H22F4N4O4. The maximum atomic E-state index is 14.5. The fourth-order valence-corrected chi connectivity index (χ4v) is 3.35. The van der Waals surface area contributed by atoms with Gasteiger partial charge in [0.15, 0.2) is 0 Å². The number of alkyl halides is 4. The van der Waals surface area contributed by atoms with Crippen molar-refractivity contribution < 1.29 is 36.6 Å². The minimum Gasteiger partial charge on any atom is -0.457 e. The van der Waals surface area contributed by atoms with Crippen LogP contribution in [0.25, 0.3) is 0 Å². The number of rotatable bonds is 9. The van der Waals surface area contributed by atoms with Crippen molar-refractivity contribution in [3.8, 4) is 23.0 Å². The number of carbonyl (C=O) groups is 2. The summed E-state index contributed by atoms with van der Waals surface area (Å²) in [7, 11) is 0. The van der Waals surface area contributed by atoms with Crippen molar-refractivity contribution in [1.29, 1.82) is 0 Å². The summed E-state index contributed by atoms with van der Waals surface area (Å²) in [5.74, 6) is -14.2. The summed E-state index contributed by atoms with van der Waals surface area (Å²) < 4.78 is 69.0. The first-order valence-electron chi connectivity index (χ1n) is 11.6. The Morgan fingerprint density at radius 1 is 0.550 bits per heavy atom. The highest BCUT2D eigenvalue weighted by atomic mass is 19.3. The molecule has 6 N–H and O–H groups in total. The second-order valence-corrected chi connectivity index (χ2v) is 8.45. The number of nitrogens with two attached hydrogens (primary N) is 2. The van der Waals surface area contributed by atoms with E-state index in [2.05, 4.69) is 0 Å². The number of carbonyl (C=O) groups excluding carboxylic acids is 2. The van der Waals surface area contributed by atoms with Gasteiger partial charge < -0.3 is 31.6 Å². The number of ether oxygens (including phenoxy) is 2. The number of halogens is 4. The van der Waals surface area contributed by atoms with Crippen LogP contribution in [-0.2, 0) is 9.59 Å². The molecule has 0 fully saturated rings. The molecule has 2 amide bonds. The molecule has 4 rings (SSSR count). The smallest absolute Gasteiger partial charge is 0.396 e. The molecule has 0 aromatic heterocycles. The predicted octanol–water partition coefficient (Wildman–Crippen LogP) is 6.28. The van der Waals surface area contributed by atoms with Crippen molar-refractivity contribution in [2.45, 2.75) is 11.8 Å². The van der Waals surface area contributed by atoms with Gasteiger partial charge in [-0.2, -0.15) is 17.6 Å². The fraction of sp³-hybridized carbons (Fsp3) is 0.0714. The van der Waals surface area contributed by atoms with Crippen LogP contribution in [-0.4, -0.2) is 23.7 Å². The van der Waals surface area contributed by atoms with Crippen LogP contribution in [0.1, 0.15) is 0 Å². The van der Waals surface area contributed by atoms with Crippen molar-refractivity contribution in [1.82, 2.24) is 0 Å². The maximum absolute atomic E-state index is 14.5. The third-order valence-corrected chi connectivity index (χ3v) is 5.38. The van der Waals surface area contributed by atoms with Crippen LogP contribution >= 0.6 is 0 Å². The Balaban J connectivity index is 1.37. The highest BCUT2D eigenvalue weighted by molar-refractivity contribution is 6.05. The SMILES string of the molecule is Nc1cccc(Oc2ccc(NC(=O)C(F)(F)C(F)(F)C(=O)Nc3ccc(Oc4cccc(N)c4)cc3)cc2)c1. The Hall–Kier alpha value is -5.26. The molecular weight excluding hydrogens is 532 g/mol. The zero-order chi connectivity index (χ0) is 28.9. The third kappa shape index (κ3) is 6.41.